The Bertz CT molecular complexity index is 2130. The van der Waals surface area contributed by atoms with Crippen LogP contribution in [-0.4, -0.2) is 11.9 Å². The molecule has 5 aromatic rings. The molecular weight excluding hydrogens is 556 g/mol. The lowest BCUT2D eigenvalue weighted by Crippen LogP contribution is -2.01. The summed E-state index contributed by atoms with van der Waals surface area (Å²) in [6, 6.07) is 26.0. The van der Waals surface area contributed by atoms with E-state index in [0.29, 0.717) is 6.42 Å². The molecule has 0 saturated carbocycles. The molecule has 1 aliphatic rings. The van der Waals surface area contributed by atoms with E-state index in [1.807, 2.05) is 50.3 Å². The van der Waals surface area contributed by atoms with Crippen LogP contribution in [0.3, 0.4) is 0 Å². The lowest BCUT2D eigenvalue weighted by Gasteiger charge is -2.23. The van der Waals surface area contributed by atoms with E-state index in [-0.39, 0.29) is 0 Å². The van der Waals surface area contributed by atoms with Gasteiger partial charge in [-0.3, -0.25) is 4.99 Å². The second-order valence-electron chi connectivity index (χ2n) is 10.9. The minimum absolute atomic E-state index is 0.673. The Hall–Kier alpha value is -5.60. The highest BCUT2D eigenvalue weighted by atomic mass is 14.7. The summed E-state index contributed by atoms with van der Waals surface area (Å²) < 4.78 is 0. The molecule has 2 nitrogen and oxygen atoms in total. The van der Waals surface area contributed by atoms with E-state index in [1.165, 1.54) is 22.6 Å². The predicted molar refractivity (Wildman–Crippen MR) is 207 cm³/mol. The van der Waals surface area contributed by atoms with Gasteiger partial charge in [-0.1, -0.05) is 143 Å². The van der Waals surface area contributed by atoms with Crippen LogP contribution in [-0.2, 0) is 0 Å². The summed E-state index contributed by atoms with van der Waals surface area (Å²) in [5.41, 5.74) is 12.3. The summed E-state index contributed by atoms with van der Waals surface area (Å²) in [6.45, 7) is 23.1. The molecule has 0 aliphatic carbocycles. The number of hydrogen-bond acceptors (Lipinski definition) is 2. The highest BCUT2D eigenvalue weighted by Gasteiger charge is 2.22. The standard InChI is InChI=1S/C42H34N2.C2H6/c1-6-33-34(7-2)40(21-20-37(33)31(26-43)18-19-32-22-23-44-32)42-36(9-4)35(8-3)41(38-12-10-11-13-39(38)42)30-17-16-28-24-27(5)14-15-29(28)25-30;1-2/h6-18,20-26,43H,1-4,19H2,5H3;1-2H3/b31-18+,43-26?;. The molecule has 1 heterocycles. The number of hydrogen-bond donors (Lipinski definition) is 1. The van der Waals surface area contributed by atoms with Crippen molar-refractivity contribution in [3.05, 3.63) is 151 Å². The zero-order chi connectivity index (χ0) is 32.8. The second kappa shape index (κ2) is 14.0. The Kier molecular flexibility index (Phi) is 9.69. The van der Waals surface area contributed by atoms with Crippen LogP contribution in [0.15, 0.2) is 122 Å². The number of fused-ring (bicyclic) bond motifs is 2. The molecule has 0 unspecified atom stereocenters. The Morgan fingerprint density at radius 1 is 0.717 bits per heavy atom. The van der Waals surface area contributed by atoms with Crippen LogP contribution in [0.25, 0.3) is 73.7 Å². The van der Waals surface area contributed by atoms with Crippen molar-refractivity contribution < 1.29 is 0 Å². The van der Waals surface area contributed by atoms with E-state index < -0.39 is 0 Å². The first kappa shape index (κ1) is 31.8. The van der Waals surface area contributed by atoms with Crippen LogP contribution in [0, 0.1) is 12.3 Å². The minimum Gasteiger partial charge on any atom is -0.308 e. The van der Waals surface area contributed by atoms with Gasteiger partial charge in [0.15, 0.2) is 0 Å². The van der Waals surface area contributed by atoms with Crippen molar-refractivity contribution in [3.8, 4) is 22.3 Å². The monoisotopic (exact) mass is 596 g/mol. The fourth-order valence-electron chi connectivity index (χ4n) is 6.33. The molecule has 46 heavy (non-hydrogen) atoms. The van der Waals surface area contributed by atoms with Crippen molar-refractivity contribution in [1.29, 1.82) is 5.41 Å². The molecule has 6 rings (SSSR count). The average Bonchev–Trinajstić information content (AvgIpc) is 3.08. The maximum atomic E-state index is 8.19. The van der Waals surface area contributed by atoms with E-state index in [9.17, 15) is 0 Å². The molecule has 0 saturated heterocycles. The lowest BCUT2D eigenvalue weighted by atomic mass is 9.80. The summed E-state index contributed by atoms with van der Waals surface area (Å²) in [7, 11) is 0. The first-order valence-electron chi connectivity index (χ1n) is 15.7. The number of aryl methyl sites for hydroxylation is 1. The number of aliphatic imine (C=N–C) groups is 1. The molecular formula is C44H40N2. The van der Waals surface area contributed by atoms with Gasteiger partial charge in [-0.2, -0.15) is 0 Å². The molecule has 0 fully saturated rings. The summed E-state index contributed by atoms with van der Waals surface area (Å²) in [5, 5.41) is 12.9. The van der Waals surface area contributed by atoms with Gasteiger partial charge in [-0.25, -0.2) is 0 Å². The normalized spacial score (nSPS) is 12.1. The van der Waals surface area contributed by atoms with Crippen LogP contribution in [0.5, 0.6) is 0 Å². The van der Waals surface area contributed by atoms with Crippen molar-refractivity contribution in [2.24, 2.45) is 4.99 Å². The maximum absolute atomic E-state index is 8.19. The summed E-state index contributed by atoms with van der Waals surface area (Å²) in [5.74, 6) is 0. The third-order valence-corrected chi connectivity index (χ3v) is 8.46. The molecule has 0 bridgehead atoms. The van der Waals surface area contributed by atoms with Crippen molar-refractivity contribution in [1.82, 2.24) is 0 Å². The van der Waals surface area contributed by atoms with Gasteiger partial charge in [-0.05, 0) is 96.3 Å². The summed E-state index contributed by atoms with van der Waals surface area (Å²) in [6.07, 6.45) is 15.6. The third kappa shape index (κ3) is 5.66. The van der Waals surface area contributed by atoms with Crippen molar-refractivity contribution in [3.63, 3.8) is 0 Å². The molecule has 0 aromatic heterocycles. The van der Waals surface area contributed by atoms with Gasteiger partial charge in [0.25, 0.3) is 0 Å². The Morgan fingerprint density at radius 2 is 1.33 bits per heavy atom. The first-order valence-corrected chi connectivity index (χ1v) is 15.7. The van der Waals surface area contributed by atoms with Crippen LogP contribution in [0.4, 0.5) is 0 Å². The molecule has 0 spiro atoms. The van der Waals surface area contributed by atoms with E-state index in [4.69, 9.17) is 5.41 Å². The molecule has 5 aromatic carbocycles. The van der Waals surface area contributed by atoms with Crippen LogP contribution >= 0.6 is 0 Å². The van der Waals surface area contributed by atoms with E-state index in [2.05, 4.69) is 111 Å². The van der Waals surface area contributed by atoms with E-state index in [0.717, 1.165) is 72.1 Å². The lowest BCUT2D eigenvalue weighted by molar-refractivity contribution is 1.37. The van der Waals surface area contributed by atoms with Crippen LogP contribution in [0.1, 0.15) is 53.6 Å². The first-order chi connectivity index (χ1) is 22.5. The molecule has 1 aliphatic heterocycles. The number of rotatable bonds is 10. The van der Waals surface area contributed by atoms with Crippen molar-refractivity contribution in [2.75, 3.05) is 0 Å². The molecule has 0 amide bonds. The van der Waals surface area contributed by atoms with Gasteiger partial charge < -0.3 is 5.41 Å². The average molecular weight is 597 g/mol. The van der Waals surface area contributed by atoms with Crippen LogP contribution in [0.2, 0.25) is 0 Å². The zero-order valence-electron chi connectivity index (χ0n) is 27.0. The summed E-state index contributed by atoms with van der Waals surface area (Å²) in [4.78, 5) is 4.27. The Balaban J connectivity index is 0.00000204. The SMILES string of the molecule is C=Cc1c(/C(C=N)=C/CC2=NC=C2)ccc(-c2c(C=C)c(C=C)c(-c3ccc4cc(C)ccc4c3)c3ccccc23)c1C=C.CC. The van der Waals surface area contributed by atoms with Crippen molar-refractivity contribution >= 4 is 63.3 Å². The second-order valence-corrected chi connectivity index (χ2v) is 10.9. The fourth-order valence-corrected chi connectivity index (χ4v) is 6.33. The van der Waals surface area contributed by atoms with E-state index in [1.54, 1.807) is 6.20 Å². The summed E-state index contributed by atoms with van der Waals surface area (Å²) >= 11 is 0. The van der Waals surface area contributed by atoms with Gasteiger partial charge in [0.1, 0.15) is 0 Å². The predicted octanol–water partition coefficient (Wildman–Crippen LogP) is 12.6. The minimum atomic E-state index is 0.673. The molecule has 226 valence electrons. The number of allylic oxidation sites excluding steroid dienone is 3. The van der Waals surface area contributed by atoms with Gasteiger partial charge in [-0.15, -0.1) is 0 Å². The highest BCUT2D eigenvalue weighted by Crippen LogP contribution is 2.46. The molecule has 1 N–H and O–H groups in total. The maximum Gasteiger partial charge on any atom is 0.0456 e. The van der Waals surface area contributed by atoms with Gasteiger partial charge in [0.2, 0.25) is 0 Å². The Morgan fingerprint density at radius 3 is 1.93 bits per heavy atom. The topological polar surface area (TPSA) is 36.2 Å². The van der Waals surface area contributed by atoms with Gasteiger partial charge >= 0.3 is 0 Å². The smallest absolute Gasteiger partial charge is 0.0456 e. The number of nitrogens with zero attached hydrogens (tertiary/aromatic N) is 1. The molecule has 2 heteroatoms. The highest BCUT2D eigenvalue weighted by molar-refractivity contribution is 6.15. The van der Waals surface area contributed by atoms with Crippen LogP contribution < -0.4 is 0 Å². The molecule has 0 atom stereocenters. The van der Waals surface area contributed by atoms with Gasteiger partial charge in [0.05, 0.1) is 0 Å². The quantitative estimate of drug-likeness (QED) is 0.156. The number of benzene rings is 5. The number of nitrogens with one attached hydrogen (secondary N) is 1. The van der Waals surface area contributed by atoms with Gasteiger partial charge in [0, 0.05) is 24.5 Å². The zero-order valence-corrected chi connectivity index (χ0v) is 27.0. The molecule has 0 radical (unpaired) electrons. The fraction of sp³-hybridized carbons (Fsp3) is 0.0909. The largest absolute Gasteiger partial charge is 0.308 e. The third-order valence-electron chi connectivity index (χ3n) is 8.46. The Labute approximate surface area is 273 Å². The van der Waals surface area contributed by atoms with E-state index >= 15 is 0 Å². The van der Waals surface area contributed by atoms with Crippen molar-refractivity contribution in [2.45, 2.75) is 27.2 Å².